The average molecular weight is 420 g/mol. The zero-order chi connectivity index (χ0) is 20.0. The number of carbonyl (C=O) groups is 1. The zero-order valence-corrected chi connectivity index (χ0v) is 17.1. The Morgan fingerprint density at radius 1 is 0.966 bits per heavy atom. The van der Waals surface area contributed by atoms with Crippen molar-refractivity contribution >= 4 is 40.5 Å². The summed E-state index contributed by atoms with van der Waals surface area (Å²) in [6.07, 6.45) is 0. The minimum Gasteiger partial charge on any atom is -0.332 e. The van der Waals surface area contributed by atoms with Crippen LogP contribution < -0.4 is 5.32 Å². The molecule has 0 spiro atoms. The normalized spacial score (nSPS) is 19.8. The molecule has 2 heterocycles. The van der Waals surface area contributed by atoms with Crippen LogP contribution in [-0.2, 0) is 5.66 Å². The van der Waals surface area contributed by atoms with Gasteiger partial charge in [0, 0.05) is 40.5 Å². The van der Waals surface area contributed by atoms with Crippen molar-refractivity contribution in [3.63, 3.8) is 0 Å². The Hall–Kier alpha value is -2.89. The van der Waals surface area contributed by atoms with Gasteiger partial charge in [0.1, 0.15) is 0 Å². The maximum absolute atomic E-state index is 13.2. The highest BCUT2D eigenvalue weighted by molar-refractivity contribution is 7.80. The molecule has 3 aromatic rings. The van der Waals surface area contributed by atoms with Crippen molar-refractivity contribution in [2.24, 2.45) is 0 Å². The Bertz CT molecular complexity index is 1120. The number of benzene rings is 3. The van der Waals surface area contributed by atoms with Crippen LogP contribution in [0.2, 0.25) is 5.02 Å². The molecule has 6 heteroatoms. The molecule has 1 amide bonds. The van der Waals surface area contributed by atoms with Crippen LogP contribution in [0.15, 0.2) is 78.9 Å². The lowest BCUT2D eigenvalue weighted by atomic mass is 9.90. The van der Waals surface area contributed by atoms with Crippen molar-refractivity contribution in [2.45, 2.75) is 5.66 Å². The maximum atomic E-state index is 13.2. The molecule has 0 bridgehead atoms. The summed E-state index contributed by atoms with van der Waals surface area (Å²) < 4.78 is 0. The van der Waals surface area contributed by atoms with Gasteiger partial charge in [0.2, 0.25) is 0 Å². The second-order valence-corrected chi connectivity index (χ2v) is 7.96. The lowest BCUT2D eigenvalue weighted by Gasteiger charge is -2.41. The maximum Gasteiger partial charge on any atom is 0.256 e. The molecule has 4 nitrogen and oxygen atoms in total. The molecule has 0 radical (unpaired) electrons. The SMILES string of the molecule is O=C1c2ccccc2[C@@]2(c3ccccc3)N1CCN2C(=S)Nc1cccc(Cl)c1. The molecule has 0 aliphatic carbocycles. The fourth-order valence-corrected chi connectivity index (χ4v) is 5.00. The molecule has 29 heavy (non-hydrogen) atoms. The third kappa shape index (κ3) is 2.65. The van der Waals surface area contributed by atoms with Crippen LogP contribution in [0.1, 0.15) is 21.5 Å². The number of amides is 1. The van der Waals surface area contributed by atoms with Crippen LogP contribution >= 0.6 is 23.8 Å². The van der Waals surface area contributed by atoms with Crippen LogP contribution in [-0.4, -0.2) is 33.9 Å². The van der Waals surface area contributed by atoms with E-state index in [-0.39, 0.29) is 5.91 Å². The second-order valence-electron chi connectivity index (χ2n) is 7.13. The van der Waals surface area contributed by atoms with E-state index in [9.17, 15) is 4.79 Å². The Morgan fingerprint density at radius 3 is 2.52 bits per heavy atom. The van der Waals surface area contributed by atoms with E-state index in [1.807, 2.05) is 71.6 Å². The van der Waals surface area contributed by atoms with Crippen molar-refractivity contribution < 1.29 is 4.79 Å². The Kier molecular flexibility index (Phi) is 4.30. The topological polar surface area (TPSA) is 35.6 Å². The number of thiocarbonyl (C=S) groups is 1. The van der Waals surface area contributed by atoms with E-state index in [4.69, 9.17) is 23.8 Å². The van der Waals surface area contributed by atoms with Crippen molar-refractivity contribution in [2.75, 3.05) is 18.4 Å². The fraction of sp³-hybridized carbons (Fsp3) is 0.130. The molecule has 1 saturated heterocycles. The van der Waals surface area contributed by atoms with E-state index in [0.717, 1.165) is 22.4 Å². The molecule has 1 atom stereocenters. The van der Waals surface area contributed by atoms with Gasteiger partial charge in [-0.2, -0.15) is 0 Å². The number of fused-ring (bicyclic) bond motifs is 3. The number of anilines is 1. The van der Waals surface area contributed by atoms with Gasteiger partial charge in [-0.3, -0.25) is 4.79 Å². The summed E-state index contributed by atoms with van der Waals surface area (Å²) in [6, 6.07) is 25.4. The molecular formula is C23H18ClN3OS. The Labute approximate surface area is 179 Å². The monoisotopic (exact) mass is 419 g/mol. The van der Waals surface area contributed by atoms with Gasteiger partial charge in [0.15, 0.2) is 10.8 Å². The van der Waals surface area contributed by atoms with Gasteiger partial charge in [0.05, 0.1) is 0 Å². The second kappa shape index (κ2) is 6.87. The summed E-state index contributed by atoms with van der Waals surface area (Å²) in [5.74, 6) is 0.0394. The summed E-state index contributed by atoms with van der Waals surface area (Å²) >= 11 is 12.0. The van der Waals surface area contributed by atoms with E-state index in [2.05, 4.69) is 22.3 Å². The first-order valence-corrected chi connectivity index (χ1v) is 10.2. The minimum atomic E-state index is -0.752. The summed E-state index contributed by atoms with van der Waals surface area (Å²) in [6.45, 7) is 1.24. The summed E-state index contributed by atoms with van der Waals surface area (Å²) in [5.41, 5.74) is 2.78. The van der Waals surface area contributed by atoms with Gasteiger partial charge >= 0.3 is 0 Å². The molecule has 3 aromatic carbocycles. The van der Waals surface area contributed by atoms with Gasteiger partial charge in [-0.25, -0.2) is 0 Å². The third-order valence-electron chi connectivity index (χ3n) is 5.60. The van der Waals surface area contributed by atoms with Gasteiger partial charge in [-0.15, -0.1) is 0 Å². The van der Waals surface area contributed by atoms with Crippen molar-refractivity contribution in [3.05, 3.63) is 101 Å². The Balaban J connectivity index is 1.65. The highest BCUT2D eigenvalue weighted by atomic mass is 35.5. The number of hydrogen-bond acceptors (Lipinski definition) is 2. The molecule has 1 fully saturated rings. The van der Waals surface area contributed by atoms with E-state index in [0.29, 0.717) is 23.2 Å². The molecule has 2 aliphatic rings. The zero-order valence-electron chi connectivity index (χ0n) is 15.5. The number of carbonyl (C=O) groups excluding carboxylic acids is 1. The van der Waals surface area contributed by atoms with E-state index in [1.165, 1.54) is 0 Å². The van der Waals surface area contributed by atoms with Crippen LogP contribution in [0.5, 0.6) is 0 Å². The van der Waals surface area contributed by atoms with Gasteiger partial charge in [-0.1, -0.05) is 66.2 Å². The standard InChI is InChI=1S/C23H18ClN3OS/c24-17-9-6-10-18(15-17)25-22(29)27-14-13-26-21(28)19-11-4-5-12-20(19)23(26,27)16-7-2-1-3-8-16/h1-12,15H,13-14H2,(H,25,29)/t23-/m0/s1. The highest BCUT2D eigenvalue weighted by Crippen LogP contribution is 2.49. The van der Waals surface area contributed by atoms with Crippen molar-refractivity contribution in [3.8, 4) is 0 Å². The third-order valence-corrected chi connectivity index (χ3v) is 6.16. The van der Waals surface area contributed by atoms with Gasteiger partial charge in [-0.05, 0) is 36.5 Å². The number of hydrogen-bond donors (Lipinski definition) is 1. The molecule has 144 valence electrons. The first-order chi connectivity index (χ1) is 14.1. The Morgan fingerprint density at radius 2 is 1.72 bits per heavy atom. The van der Waals surface area contributed by atoms with Crippen molar-refractivity contribution in [1.29, 1.82) is 0 Å². The minimum absolute atomic E-state index is 0.0394. The molecule has 1 N–H and O–H groups in total. The van der Waals surface area contributed by atoms with Gasteiger partial charge in [0.25, 0.3) is 5.91 Å². The van der Waals surface area contributed by atoms with E-state index in [1.54, 1.807) is 0 Å². The predicted molar refractivity (Wildman–Crippen MR) is 119 cm³/mol. The van der Waals surface area contributed by atoms with Gasteiger partial charge < -0.3 is 15.1 Å². The molecule has 0 unspecified atom stereocenters. The van der Waals surface area contributed by atoms with E-state index >= 15 is 0 Å². The lowest BCUT2D eigenvalue weighted by molar-refractivity contribution is 0.0604. The van der Waals surface area contributed by atoms with Crippen LogP contribution in [0.4, 0.5) is 5.69 Å². The van der Waals surface area contributed by atoms with Crippen LogP contribution in [0, 0.1) is 0 Å². The molecule has 5 rings (SSSR count). The van der Waals surface area contributed by atoms with Crippen LogP contribution in [0.3, 0.4) is 0 Å². The highest BCUT2D eigenvalue weighted by Gasteiger charge is 2.58. The quantitative estimate of drug-likeness (QED) is 0.610. The predicted octanol–water partition coefficient (Wildman–Crippen LogP) is 4.71. The molecular weight excluding hydrogens is 402 g/mol. The molecule has 2 aliphatic heterocycles. The number of halogens is 1. The summed E-state index contributed by atoms with van der Waals surface area (Å²) in [7, 11) is 0. The first kappa shape index (κ1) is 18.2. The summed E-state index contributed by atoms with van der Waals surface area (Å²) in [5, 5.41) is 4.51. The fourth-order valence-electron chi connectivity index (χ4n) is 4.47. The summed E-state index contributed by atoms with van der Waals surface area (Å²) in [4.78, 5) is 17.3. The lowest BCUT2D eigenvalue weighted by Crippen LogP contribution is -2.52. The number of nitrogens with one attached hydrogen (secondary N) is 1. The largest absolute Gasteiger partial charge is 0.332 e. The number of nitrogens with zero attached hydrogens (tertiary/aromatic N) is 2. The number of rotatable bonds is 2. The first-order valence-electron chi connectivity index (χ1n) is 9.43. The van der Waals surface area contributed by atoms with Crippen LogP contribution in [0.25, 0.3) is 0 Å². The smallest absolute Gasteiger partial charge is 0.256 e. The van der Waals surface area contributed by atoms with E-state index < -0.39 is 5.66 Å². The molecule has 0 saturated carbocycles. The average Bonchev–Trinajstić information content (AvgIpc) is 3.25. The molecule has 0 aromatic heterocycles. The van der Waals surface area contributed by atoms with Crippen molar-refractivity contribution in [1.82, 2.24) is 9.80 Å².